The molecule has 1 atom stereocenters. The third-order valence-corrected chi connectivity index (χ3v) is 4.22. The normalized spacial score (nSPS) is 27.2. The summed E-state index contributed by atoms with van der Waals surface area (Å²) in [7, 11) is 0. The molecule has 1 heterocycles. The molecule has 0 radical (unpaired) electrons. The summed E-state index contributed by atoms with van der Waals surface area (Å²) < 4.78 is 5.41. The van der Waals surface area contributed by atoms with E-state index in [9.17, 15) is 4.79 Å². The Bertz CT molecular complexity index is 339. The Morgan fingerprint density at radius 1 is 1.21 bits per heavy atom. The molecule has 1 amide bonds. The fourth-order valence-corrected chi connectivity index (χ4v) is 2.64. The molecule has 4 nitrogen and oxygen atoms in total. The Kier molecular flexibility index (Phi) is 3.83. The molecule has 4 heteroatoms. The first-order valence-electron chi connectivity index (χ1n) is 7.38. The number of carbonyl (C=O) groups is 1. The van der Waals surface area contributed by atoms with Gasteiger partial charge in [0.1, 0.15) is 5.60 Å². The van der Waals surface area contributed by atoms with Gasteiger partial charge in [0.05, 0.1) is 0 Å². The van der Waals surface area contributed by atoms with Crippen LogP contribution in [0.25, 0.3) is 0 Å². The van der Waals surface area contributed by atoms with E-state index in [4.69, 9.17) is 4.74 Å². The molecule has 2 aliphatic rings. The zero-order valence-electron chi connectivity index (χ0n) is 13.0. The minimum atomic E-state index is -0.397. The molecule has 1 saturated carbocycles. The monoisotopic (exact) mass is 268 g/mol. The van der Waals surface area contributed by atoms with E-state index in [1.54, 1.807) is 0 Å². The molecule has 0 aromatic carbocycles. The summed E-state index contributed by atoms with van der Waals surface area (Å²) in [4.78, 5) is 16.3. The highest BCUT2D eigenvalue weighted by Gasteiger charge is 2.46. The molecule has 2 fully saturated rings. The number of nitrogens with zero attached hydrogens (tertiary/aromatic N) is 2. The lowest BCUT2D eigenvalue weighted by atomic mass is 10.1. The lowest BCUT2D eigenvalue weighted by Gasteiger charge is -2.35. The van der Waals surface area contributed by atoms with Crippen LogP contribution in [0.4, 0.5) is 4.79 Å². The molecule has 0 N–H and O–H groups in total. The van der Waals surface area contributed by atoms with Gasteiger partial charge in [-0.3, -0.25) is 4.90 Å². The minimum absolute atomic E-state index is 0.168. The summed E-state index contributed by atoms with van der Waals surface area (Å²) in [5.74, 6) is 0.848. The van der Waals surface area contributed by atoms with Gasteiger partial charge in [0.15, 0.2) is 0 Å². The van der Waals surface area contributed by atoms with Gasteiger partial charge in [-0.15, -0.1) is 0 Å². The van der Waals surface area contributed by atoms with E-state index < -0.39 is 5.60 Å². The maximum Gasteiger partial charge on any atom is 0.410 e. The molecule has 0 aromatic rings. The van der Waals surface area contributed by atoms with Gasteiger partial charge in [0, 0.05) is 32.7 Å². The summed E-state index contributed by atoms with van der Waals surface area (Å²) in [5.41, 5.74) is 0.147. The second kappa shape index (κ2) is 4.97. The molecule has 110 valence electrons. The average molecular weight is 268 g/mol. The Labute approximate surface area is 117 Å². The molecular weight excluding hydrogens is 240 g/mol. The fourth-order valence-electron chi connectivity index (χ4n) is 2.64. The van der Waals surface area contributed by atoms with Crippen molar-refractivity contribution in [1.82, 2.24) is 9.80 Å². The second-order valence-electron chi connectivity index (χ2n) is 7.66. The standard InChI is InChI=1S/C15H28N2O2/c1-14(2,3)19-13(18)17-8-6-16(7-9-17)11-12-10-15(12,4)5/h12H,6-11H2,1-5H3/t12-/m1/s1. The molecule has 1 aliphatic heterocycles. The van der Waals surface area contributed by atoms with Gasteiger partial charge in [-0.2, -0.15) is 0 Å². The number of carbonyl (C=O) groups excluding carboxylic acids is 1. The number of hydrogen-bond acceptors (Lipinski definition) is 3. The number of hydrogen-bond donors (Lipinski definition) is 0. The van der Waals surface area contributed by atoms with Crippen molar-refractivity contribution >= 4 is 6.09 Å². The van der Waals surface area contributed by atoms with Gasteiger partial charge in [-0.05, 0) is 38.5 Å². The van der Waals surface area contributed by atoms with Crippen LogP contribution in [0.15, 0.2) is 0 Å². The molecule has 1 aliphatic carbocycles. The third kappa shape index (κ3) is 4.10. The molecule has 19 heavy (non-hydrogen) atoms. The van der Waals surface area contributed by atoms with Crippen molar-refractivity contribution in [3.8, 4) is 0 Å². The van der Waals surface area contributed by atoms with Crippen LogP contribution < -0.4 is 0 Å². The van der Waals surface area contributed by atoms with Crippen LogP contribution in [0.3, 0.4) is 0 Å². The van der Waals surface area contributed by atoms with Gasteiger partial charge in [-0.1, -0.05) is 13.8 Å². The third-order valence-electron chi connectivity index (χ3n) is 4.22. The predicted octanol–water partition coefficient (Wildman–Crippen LogP) is 2.59. The van der Waals surface area contributed by atoms with Crippen LogP contribution in [-0.2, 0) is 4.74 Å². The number of rotatable bonds is 2. The quantitative estimate of drug-likeness (QED) is 0.771. The van der Waals surface area contributed by atoms with Crippen LogP contribution in [0, 0.1) is 11.3 Å². The largest absolute Gasteiger partial charge is 0.444 e. The van der Waals surface area contributed by atoms with Crippen molar-refractivity contribution in [3.05, 3.63) is 0 Å². The number of amides is 1. The molecule has 1 saturated heterocycles. The van der Waals surface area contributed by atoms with Crippen LogP contribution >= 0.6 is 0 Å². The second-order valence-corrected chi connectivity index (χ2v) is 7.66. The van der Waals surface area contributed by atoms with Crippen molar-refractivity contribution in [2.75, 3.05) is 32.7 Å². The summed E-state index contributed by atoms with van der Waals surface area (Å²) in [6.07, 6.45) is 1.18. The van der Waals surface area contributed by atoms with E-state index in [-0.39, 0.29) is 6.09 Å². The van der Waals surface area contributed by atoms with Crippen LogP contribution in [0.5, 0.6) is 0 Å². The average Bonchev–Trinajstić information content (AvgIpc) is 2.84. The van der Waals surface area contributed by atoms with Crippen LogP contribution in [0.1, 0.15) is 41.0 Å². The van der Waals surface area contributed by atoms with E-state index >= 15 is 0 Å². The smallest absolute Gasteiger partial charge is 0.410 e. The summed E-state index contributed by atoms with van der Waals surface area (Å²) in [5, 5.41) is 0. The molecule has 0 unspecified atom stereocenters. The molecule has 2 rings (SSSR count). The van der Waals surface area contributed by atoms with Crippen molar-refractivity contribution in [3.63, 3.8) is 0 Å². The first kappa shape index (κ1) is 14.6. The van der Waals surface area contributed by atoms with Gasteiger partial charge >= 0.3 is 6.09 Å². The predicted molar refractivity (Wildman–Crippen MR) is 76.1 cm³/mol. The van der Waals surface area contributed by atoms with Crippen molar-refractivity contribution in [2.45, 2.75) is 46.6 Å². The summed E-state index contributed by atoms with van der Waals surface area (Å²) in [6.45, 7) is 15.2. The molecule has 0 bridgehead atoms. The molecular formula is C15H28N2O2. The lowest BCUT2D eigenvalue weighted by Crippen LogP contribution is -2.50. The van der Waals surface area contributed by atoms with Gasteiger partial charge in [-0.25, -0.2) is 4.79 Å². The van der Waals surface area contributed by atoms with Crippen LogP contribution in [0.2, 0.25) is 0 Å². The van der Waals surface area contributed by atoms with Gasteiger partial charge in [0.2, 0.25) is 0 Å². The number of piperazine rings is 1. The highest BCUT2D eigenvalue weighted by Crippen LogP contribution is 2.51. The molecule has 0 aromatic heterocycles. The zero-order valence-corrected chi connectivity index (χ0v) is 13.0. The first-order chi connectivity index (χ1) is 8.67. The highest BCUT2D eigenvalue weighted by molar-refractivity contribution is 5.68. The Balaban J connectivity index is 1.72. The van der Waals surface area contributed by atoms with Crippen molar-refractivity contribution in [2.24, 2.45) is 11.3 Å². The Morgan fingerprint density at radius 3 is 2.16 bits per heavy atom. The van der Waals surface area contributed by atoms with Gasteiger partial charge < -0.3 is 9.64 Å². The maximum absolute atomic E-state index is 11.9. The first-order valence-corrected chi connectivity index (χ1v) is 7.38. The van der Waals surface area contributed by atoms with E-state index in [2.05, 4.69) is 18.7 Å². The number of ether oxygens (including phenoxy) is 1. The van der Waals surface area contributed by atoms with Gasteiger partial charge in [0.25, 0.3) is 0 Å². The Morgan fingerprint density at radius 2 is 1.74 bits per heavy atom. The molecule has 0 spiro atoms. The topological polar surface area (TPSA) is 32.8 Å². The van der Waals surface area contributed by atoms with Crippen molar-refractivity contribution < 1.29 is 9.53 Å². The van der Waals surface area contributed by atoms with Crippen LogP contribution in [-0.4, -0.2) is 54.2 Å². The van der Waals surface area contributed by atoms with E-state index in [1.807, 2.05) is 25.7 Å². The van der Waals surface area contributed by atoms with E-state index in [0.717, 1.165) is 32.1 Å². The SMILES string of the molecule is CC(C)(C)OC(=O)N1CCN(C[C@H]2CC2(C)C)CC1. The lowest BCUT2D eigenvalue weighted by molar-refractivity contribution is 0.0139. The summed E-state index contributed by atoms with van der Waals surface area (Å²) >= 11 is 0. The zero-order chi connectivity index (χ0) is 14.3. The highest BCUT2D eigenvalue weighted by atomic mass is 16.6. The summed E-state index contributed by atoms with van der Waals surface area (Å²) in [6, 6.07) is 0. The van der Waals surface area contributed by atoms with E-state index in [1.165, 1.54) is 13.0 Å². The van der Waals surface area contributed by atoms with Crippen molar-refractivity contribution in [1.29, 1.82) is 0 Å². The maximum atomic E-state index is 11.9. The van der Waals surface area contributed by atoms with E-state index in [0.29, 0.717) is 5.41 Å². The minimum Gasteiger partial charge on any atom is -0.444 e. The fraction of sp³-hybridized carbons (Fsp3) is 0.933. The Hall–Kier alpha value is -0.770.